The minimum absolute atomic E-state index is 0.0335. The summed E-state index contributed by atoms with van der Waals surface area (Å²) in [6, 6.07) is 4.26. The van der Waals surface area contributed by atoms with E-state index in [1.54, 1.807) is 17.5 Å². The van der Waals surface area contributed by atoms with Crippen molar-refractivity contribution in [2.45, 2.75) is 38.6 Å². The Hall–Kier alpha value is -1.79. The molecule has 0 radical (unpaired) electrons. The normalized spacial score (nSPS) is 16.7. The lowest BCUT2D eigenvalue weighted by atomic mass is 10.0. The topological polar surface area (TPSA) is 58.1 Å². The van der Waals surface area contributed by atoms with Crippen LogP contribution in [0.4, 0.5) is 0 Å². The van der Waals surface area contributed by atoms with E-state index in [9.17, 15) is 4.79 Å². The summed E-state index contributed by atoms with van der Waals surface area (Å²) in [6.45, 7) is 4.75. The summed E-state index contributed by atoms with van der Waals surface area (Å²) in [5, 5.41) is 6.05. The van der Waals surface area contributed by atoms with Crippen molar-refractivity contribution in [3.8, 4) is 0 Å². The molecule has 1 aliphatic heterocycles. The molecule has 3 heterocycles. The number of hydrogen-bond donors (Lipinski definition) is 1. The highest BCUT2D eigenvalue weighted by atomic mass is 32.1. The van der Waals surface area contributed by atoms with Gasteiger partial charge in [-0.25, -0.2) is 4.98 Å². The molecule has 1 atom stereocenters. The lowest BCUT2D eigenvalue weighted by molar-refractivity contribution is -0.120. The average Bonchev–Trinajstić information content (AvgIpc) is 3.02. The number of carbonyl (C=O) groups excluding carboxylic acids is 1. The van der Waals surface area contributed by atoms with Crippen LogP contribution in [0.1, 0.15) is 41.6 Å². The third kappa shape index (κ3) is 4.61. The molecule has 0 aromatic carbocycles. The monoisotopic (exact) mass is 344 g/mol. The summed E-state index contributed by atoms with van der Waals surface area (Å²) in [7, 11) is 0. The van der Waals surface area contributed by atoms with Gasteiger partial charge in [0, 0.05) is 24.3 Å². The largest absolute Gasteiger partial charge is 0.354 e. The summed E-state index contributed by atoms with van der Waals surface area (Å²) in [6.07, 6.45) is 7.80. The van der Waals surface area contributed by atoms with Crippen molar-refractivity contribution in [1.82, 2.24) is 20.2 Å². The van der Waals surface area contributed by atoms with Crippen LogP contribution in [0.3, 0.4) is 0 Å². The van der Waals surface area contributed by atoms with Crippen molar-refractivity contribution in [3.05, 3.63) is 46.2 Å². The Bertz CT molecular complexity index is 652. The van der Waals surface area contributed by atoms with Gasteiger partial charge < -0.3 is 5.32 Å². The number of nitrogens with one attached hydrogen (secondary N) is 1. The Kier molecular flexibility index (Phi) is 5.93. The van der Waals surface area contributed by atoms with Crippen LogP contribution in [-0.4, -0.2) is 40.4 Å². The first kappa shape index (κ1) is 17.0. The lowest BCUT2D eigenvalue weighted by Crippen LogP contribution is -2.41. The summed E-state index contributed by atoms with van der Waals surface area (Å²) >= 11 is 1.58. The van der Waals surface area contributed by atoms with E-state index in [0.717, 1.165) is 23.8 Å². The molecule has 1 fully saturated rings. The fourth-order valence-corrected chi connectivity index (χ4v) is 3.80. The molecule has 24 heavy (non-hydrogen) atoms. The average molecular weight is 344 g/mol. The van der Waals surface area contributed by atoms with Crippen molar-refractivity contribution in [3.63, 3.8) is 0 Å². The first-order chi connectivity index (χ1) is 11.7. The van der Waals surface area contributed by atoms with Crippen molar-refractivity contribution in [1.29, 1.82) is 0 Å². The van der Waals surface area contributed by atoms with Gasteiger partial charge >= 0.3 is 0 Å². The first-order valence-electron chi connectivity index (χ1n) is 8.54. The molecule has 0 unspecified atom stereocenters. The summed E-state index contributed by atoms with van der Waals surface area (Å²) in [4.78, 5) is 23.3. The van der Waals surface area contributed by atoms with Crippen LogP contribution in [0.25, 0.3) is 0 Å². The second-order valence-corrected chi connectivity index (χ2v) is 7.30. The molecule has 6 heteroatoms. The van der Waals surface area contributed by atoms with Gasteiger partial charge in [-0.1, -0.05) is 12.5 Å². The highest BCUT2D eigenvalue weighted by Crippen LogP contribution is 2.23. The van der Waals surface area contributed by atoms with Crippen LogP contribution in [-0.2, 0) is 11.2 Å². The molecule has 0 aliphatic carbocycles. The number of piperidine rings is 1. The molecule has 1 N–H and O–H groups in total. The number of hydrogen-bond acceptors (Lipinski definition) is 5. The molecule has 1 aliphatic rings. The van der Waals surface area contributed by atoms with Gasteiger partial charge in [0.05, 0.1) is 23.2 Å². The smallest absolute Gasteiger partial charge is 0.226 e. The van der Waals surface area contributed by atoms with Crippen LogP contribution >= 0.6 is 11.3 Å². The van der Waals surface area contributed by atoms with Crippen molar-refractivity contribution >= 4 is 17.2 Å². The van der Waals surface area contributed by atoms with E-state index in [1.165, 1.54) is 24.8 Å². The number of likely N-dealkylation sites (tertiary alicyclic amines) is 1. The lowest BCUT2D eigenvalue weighted by Gasteiger charge is -2.34. The van der Waals surface area contributed by atoms with Gasteiger partial charge in [0.25, 0.3) is 0 Å². The van der Waals surface area contributed by atoms with Gasteiger partial charge in [0.1, 0.15) is 0 Å². The number of amides is 1. The quantitative estimate of drug-likeness (QED) is 0.875. The zero-order valence-electron chi connectivity index (χ0n) is 14.1. The van der Waals surface area contributed by atoms with Crippen LogP contribution < -0.4 is 5.32 Å². The van der Waals surface area contributed by atoms with E-state index in [1.807, 2.05) is 24.6 Å². The maximum atomic E-state index is 12.3. The molecule has 2 aromatic rings. The molecule has 2 aromatic heterocycles. The molecule has 0 saturated carbocycles. The highest BCUT2D eigenvalue weighted by molar-refractivity contribution is 7.09. The number of pyridine rings is 1. The van der Waals surface area contributed by atoms with E-state index in [4.69, 9.17) is 0 Å². The van der Waals surface area contributed by atoms with Crippen LogP contribution in [0.15, 0.2) is 29.9 Å². The predicted molar refractivity (Wildman–Crippen MR) is 96.0 cm³/mol. The van der Waals surface area contributed by atoms with E-state index >= 15 is 0 Å². The fourth-order valence-electron chi connectivity index (χ4n) is 3.19. The predicted octanol–water partition coefficient (Wildman–Crippen LogP) is 2.73. The maximum Gasteiger partial charge on any atom is 0.226 e. The number of rotatable bonds is 6. The Morgan fingerprint density at radius 1 is 1.38 bits per heavy atom. The molecule has 128 valence electrons. The minimum atomic E-state index is 0.0335. The highest BCUT2D eigenvalue weighted by Gasteiger charge is 2.23. The molecular weight excluding hydrogens is 320 g/mol. The minimum Gasteiger partial charge on any atom is -0.354 e. The Balaban J connectivity index is 1.62. The third-order valence-electron chi connectivity index (χ3n) is 4.40. The zero-order valence-corrected chi connectivity index (χ0v) is 14.9. The van der Waals surface area contributed by atoms with E-state index in [0.29, 0.717) is 13.0 Å². The van der Waals surface area contributed by atoms with Crippen LogP contribution in [0.2, 0.25) is 0 Å². The Labute approximate surface area is 147 Å². The number of nitrogens with zero attached hydrogens (tertiary/aromatic N) is 3. The first-order valence-corrected chi connectivity index (χ1v) is 9.42. The van der Waals surface area contributed by atoms with E-state index in [-0.39, 0.29) is 11.9 Å². The number of aromatic nitrogens is 2. The maximum absolute atomic E-state index is 12.3. The number of thiazole rings is 1. The SMILES string of the molecule is Cc1nc(CC(=O)NC[C@@H](c2cccnc2)N2CCCCC2)cs1. The summed E-state index contributed by atoms with van der Waals surface area (Å²) in [5.41, 5.74) is 2.02. The van der Waals surface area contributed by atoms with Gasteiger partial charge in [-0.2, -0.15) is 0 Å². The van der Waals surface area contributed by atoms with Gasteiger partial charge in [-0.15, -0.1) is 11.3 Å². The second-order valence-electron chi connectivity index (χ2n) is 6.24. The van der Waals surface area contributed by atoms with Crippen molar-refractivity contribution < 1.29 is 4.79 Å². The molecule has 1 amide bonds. The molecule has 5 nitrogen and oxygen atoms in total. The molecule has 1 saturated heterocycles. The second kappa shape index (κ2) is 8.35. The van der Waals surface area contributed by atoms with Gasteiger partial charge in [-0.05, 0) is 44.5 Å². The molecule has 3 rings (SSSR count). The van der Waals surface area contributed by atoms with Gasteiger partial charge in [-0.3, -0.25) is 14.7 Å². The van der Waals surface area contributed by atoms with Crippen LogP contribution in [0.5, 0.6) is 0 Å². The zero-order chi connectivity index (χ0) is 16.8. The number of carbonyl (C=O) groups is 1. The van der Waals surface area contributed by atoms with Crippen molar-refractivity contribution in [2.75, 3.05) is 19.6 Å². The summed E-state index contributed by atoms with van der Waals surface area (Å²) < 4.78 is 0. The van der Waals surface area contributed by atoms with E-state index < -0.39 is 0 Å². The van der Waals surface area contributed by atoms with Crippen molar-refractivity contribution in [2.24, 2.45) is 0 Å². The third-order valence-corrected chi connectivity index (χ3v) is 5.22. The van der Waals surface area contributed by atoms with Gasteiger partial charge in [0.2, 0.25) is 5.91 Å². The number of aryl methyl sites for hydroxylation is 1. The van der Waals surface area contributed by atoms with Crippen LogP contribution in [0, 0.1) is 6.92 Å². The van der Waals surface area contributed by atoms with E-state index in [2.05, 4.69) is 26.3 Å². The molecular formula is C18H24N4OS. The molecule has 0 bridgehead atoms. The standard InChI is InChI=1S/C18H24N4OS/c1-14-21-16(13-24-14)10-18(23)20-12-17(15-6-5-7-19-11-15)22-8-3-2-4-9-22/h5-7,11,13,17H,2-4,8-10,12H2,1H3,(H,20,23)/t17-/m0/s1. The summed E-state index contributed by atoms with van der Waals surface area (Å²) in [5.74, 6) is 0.0335. The van der Waals surface area contributed by atoms with Gasteiger partial charge in [0.15, 0.2) is 0 Å². The Morgan fingerprint density at radius 3 is 2.88 bits per heavy atom. The fraction of sp³-hybridized carbons (Fsp3) is 0.500. The Morgan fingerprint density at radius 2 is 2.21 bits per heavy atom. The molecule has 0 spiro atoms.